The van der Waals surface area contributed by atoms with E-state index in [0.29, 0.717) is 0 Å². The summed E-state index contributed by atoms with van der Waals surface area (Å²) in [7, 11) is 0. The van der Waals surface area contributed by atoms with Crippen molar-refractivity contribution in [2.45, 2.75) is 26.6 Å². The van der Waals surface area contributed by atoms with Crippen molar-refractivity contribution >= 4 is 28.5 Å². The zero-order valence-electron chi connectivity index (χ0n) is 12.5. The summed E-state index contributed by atoms with van der Waals surface area (Å²) in [5.41, 5.74) is 2.67. The molecule has 0 saturated carbocycles. The molecule has 2 aromatic rings. The third-order valence-electron chi connectivity index (χ3n) is 3.49. The van der Waals surface area contributed by atoms with Crippen LogP contribution in [0.5, 0.6) is 0 Å². The van der Waals surface area contributed by atoms with Gasteiger partial charge in [-0.3, -0.25) is 0 Å². The van der Waals surface area contributed by atoms with Crippen molar-refractivity contribution in [2.75, 3.05) is 5.32 Å². The molecule has 1 aliphatic heterocycles. The highest BCUT2D eigenvalue weighted by atomic mass is 16.7. The summed E-state index contributed by atoms with van der Waals surface area (Å²) >= 11 is 0. The van der Waals surface area contributed by atoms with Crippen molar-refractivity contribution in [1.82, 2.24) is 4.98 Å². The SMILES string of the molecule is Cc1c(NC=C2C(=O)OC(C)(C)OC2=O)ccc2[nH]ccc12. The first kappa shape index (κ1) is 14.2. The van der Waals surface area contributed by atoms with E-state index in [1.807, 2.05) is 31.3 Å². The zero-order chi connectivity index (χ0) is 15.9. The number of carbonyl (C=O) groups is 2. The van der Waals surface area contributed by atoms with Gasteiger partial charge in [0.15, 0.2) is 5.57 Å². The highest BCUT2D eigenvalue weighted by Crippen LogP contribution is 2.26. The molecule has 1 fully saturated rings. The predicted octanol–water partition coefficient (Wildman–Crippen LogP) is 2.61. The van der Waals surface area contributed by atoms with Crippen LogP contribution in [0.25, 0.3) is 10.9 Å². The van der Waals surface area contributed by atoms with Gasteiger partial charge in [-0.1, -0.05) is 0 Å². The molecule has 1 saturated heterocycles. The number of carbonyl (C=O) groups excluding carboxylic acids is 2. The Morgan fingerprint density at radius 2 is 1.82 bits per heavy atom. The Morgan fingerprint density at radius 3 is 2.50 bits per heavy atom. The summed E-state index contributed by atoms with van der Waals surface area (Å²) in [6.45, 7) is 4.98. The minimum absolute atomic E-state index is 0.159. The van der Waals surface area contributed by atoms with Crippen LogP contribution in [-0.4, -0.2) is 22.7 Å². The fourth-order valence-electron chi connectivity index (χ4n) is 2.37. The number of rotatable bonds is 2. The van der Waals surface area contributed by atoms with Crippen LogP contribution in [0.2, 0.25) is 0 Å². The predicted molar refractivity (Wildman–Crippen MR) is 81.0 cm³/mol. The van der Waals surface area contributed by atoms with Crippen LogP contribution < -0.4 is 5.32 Å². The minimum atomic E-state index is -1.23. The number of hydrogen-bond donors (Lipinski definition) is 2. The van der Waals surface area contributed by atoms with Gasteiger partial charge >= 0.3 is 11.9 Å². The first-order chi connectivity index (χ1) is 10.4. The largest absolute Gasteiger partial charge is 0.419 e. The molecule has 0 unspecified atom stereocenters. The maximum atomic E-state index is 11.9. The molecule has 0 bridgehead atoms. The number of ether oxygens (including phenoxy) is 2. The first-order valence-corrected chi connectivity index (χ1v) is 6.87. The number of H-pyrrole nitrogens is 1. The van der Waals surface area contributed by atoms with E-state index in [2.05, 4.69) is 10.3 Å². The third kappa shape index (κ3) is 2.43. The molecule has 6 heteroatoms. The molecule has 22 heavy (non-hydrogen) atoms. The fourth-order valence-corrected chi connectivity index (χ4v) is 2.37. The molecular formula is C16H16N2O4. The van der Waals surface area contributed by atoms with E-state index in [-0.39, 0.29) is 5.57 Å². The van der Waals surface area contributed by atoms with Crippen molar-refractivity contribution in [1.29, 1.82) is 0 Å². The monoisotopic (exact) mass is 300 g/mol. The number of fused-ring (bicyclic) bond motifs is 1. The van der Waals surface area contributed by atoms with Gasteiger partial charge in [0.2, 0.25) is 0 Å². The van der Waals surface area contributed by atoms with E-state index in [9.17, 15) is 9.59 Å². The lowest BCUT2D eigenvalue weighted by atomic mass is 10.1. The maximum Gasteiger partial charge on any atom is 0.350 e. The fraction of sp³-hybridized carbons (Fsp3) is 0.250. The van der Waals surface area contributed by atoms with Crippen molar-refractivity contribution in [2.24, 2.45) is 0 Å². The number of nitrogens with one attached hydrogen (secondary N) is 2. The van der Waals surface area contributed by atoms with Gasteiger partial charge in [-0.05, 0) is 30.7 Å². The molecule has 3 rings (SSSR count). The lowest BCUT2D eigenvalue weighted by Gasteiger charge is -2.29. The van der Waals surface area contributed by atoms with Crippen LogP contribution in [-0.2, 0) is 19.1 Å². The molecule has 1 aromatic carbocycles. The van der Waals surface area contributed by atoms with E-state index in [4.69, 9.17) is 9.47 Å². The Labute approximate surface area is 127 Å². The number of benzene rings is 1. The first-order valence-electron chi connectivity index (χ1n) is 6.87. The second-order valence-corrected chi connectivity index (χ2v) is 5.56. The smallest absolute Gasteiger partial charge is 0.350 e. The van der Waals surface area contributed by atoms with Gasteiger partial charge in [0.25, 0.3) is 5.79 Å². The lowest BCUT2D eigenvalue weighted by molar-refractivity contribution is -0.222. The summed E-state index contributed by atoms with van der Waals surface area (Å²) < 4.78 is 10.1. The molecule has 114 valence electrons. The molecule has 0 radical (unpaired) electrons. The molecule has 2 N–H and O–H groups in total. The minimum Gasteiger partial charge on any atom is -0.419 e. The van der Waals surface area contributed by atoms with E-state index >= 15 is 0 Å². The van der Waals surface area contributed by atoms with Crippen LogP contribution in [0.15, 0.2) is 36.2 Å². The Kier molecular flexibility index (Phi) is 3.16. The number of aromatic amines is 1. The Hall–Kier alpha value is -2.76. The Morgan fingerprint density at radius 1 is 1.14 bits per heavy atom. The summed E-state index contributed by atoms with van der Waals surface area (Å²) in [6, 6.07) is 5.76. The molecule has 2 heterocycles. The van der Waals surface area contributed by atoms with Crippen LogP contribution >= 0.6 is 0 Å². The van der Waals surface area contributed by atoms with E-state index in [1.165, 1.54) is 20.0 Å². The third-order valence-corrected chi connectivity index (χ3v) is 3.49. The summed E-state index contributed by atoms with van der Waals surface area (Å²) in [5.74, 6) is -2.63. The van der Waals surface area contributed by atoms with Gasteiger partial charge < -0.3 is 19.8 Å². The van der Waals surface area contributed by atoms with Crippen molar-refractivity contribution in [3.05, 3.63) is 41.7 Å². The Balaban J connectivity index is 1.88. The molecule has 0 spiro atoms. The number of anilines is 1. The molecule has 0 aliphatic carbocycles. The molecule has 0 atom stereocenters. The van der Waals surface area contributed by atoms with Crippen LogP contribution in [0, 0.1) is 6.92 Å². The van der Waals surface area contributed by atoms with Crippen molar-refractivity contribution in [3.8, 4) is 0 Å². The molecule has 0 amide bonds. The standard InChI is InChI=1S/C16H16N2O4/c1-9-10-6-7-17-13(10)5-4-12(9)18-8-11-14(19)21-16(2,3)22-15(11)20/h4-8,17-18H,1-3H3. The molecule has 1 aliphatic rings. The lowest BCUT2D eigenvalue weighted by Crippen LogP contribution is -2.42. The second kappa shape index (κ2) is 4.91. The van der Waals surface area contributed by atoms with Gasteiger partial charge in [0.1, 0.15) is 0 Å². The van der Waals surface area contributed by atoms with E-state index in [0.717, 1.165) is 22.2 Å². The van der Waals surface area contributed by atoms with Crippen molar-refractivity contribution in [3.63, 3.8) is 0 Å². The molecular weight excluding hydrogens is 284 g/mol. The maximum absolute atomic E-state index is 11.9. The van der Waals surface area contributed by atoms with Crippen LogP contribution in [0.3, 0.4) is 0 Å². The zero-order valence-corrected chi connectivity index (χ0v) is 12.5. The van der Waals surface area contributed by atoms with Gasteiger partial charge in [-0.15, -0.1) is 0 Å². The van der Waals surface area contributed by atoms with Gasteiger partial charge in [0, 0.05) is 42.8 Å². The van der Waals surface area contributed by atoms with Gasteiger partial charge in [-0.2, -0.15) is 0 Å². The van der Waals surface area contributed by atoms with E-state index < -0.39 is 17.7 Å². The summed E-state index contributed by atoms with van der Waals surface area (Å²) in [4.78, 5) is 26.8. The highest BCUT2D eigenvalue weighted by molar-refractivity contribution is 6.15. The summed E-state index contributed by atoms with van der Waals surface area (Å²) in [6.07, 6.45) is 3.18. The number of cyclic esters (lactones) is 2. The van der Waals surface area contributed by atoms with Crippen LogP contribution in [0.1, 0.15) is 19.4 Å². The normalized spacial score (nSPS) is 17.1. The highest BCUT2D eigenvalue weighted by Gasteiger charge is 2.38. The molecule has 1 aromatic heterocycles. The summed E-state index contributed by atoms with van der Waals surface area (Å²) in [5, 5.41) is 4.04. The van der Waals surface area contributed by atoms with Crippen LogP contribution in [0.4, 0.5) is 5.69 Å². The second-order valence-electron chi connectivity index (χ2n) is 5.56. The number of aromatic nitrogens is 1. The average molecular weight is 300 g/mol. The molecule has 6 nitrogen and oxygen atoms in total. The van der Waals surface area contributed by atoms with Gasteiger partial charge in [0.05, 0.1) is 0 Å². The average Bonchev–Trinajstić information content (AvgIpc) is 2.88. The van der Waals surface area contributed by atoms with Crippen molar-refractivity contribution < 1.29 is 19.1 Å². The van der Waals surface area contributed by atoms with Gasteiger partial charge in [-0.25, -0.2) is 9.59 Å². The number of aryl methyl sites for hydroxylation is 1. The number of esters is 2. The Bertz CT molecular complexity index is 780. The van der Waals surface area contributed by atoms with E-state index in [1.54, 1.807) is 0 Å². The topological polar surface area (TPSA) is 80.4 Å². The number of hydrogen-bond acceptors (Lipinski definition) is 5. The quantitative estimate of drug-likeness (QED) is 0.506.